The number of fused-ring (bicyclic) bond motifs is 1. The van der Waals surface area contributed by atoms with Gasteiger partial charge in [-0.1, -0.05) is 54.1 Å². The zero-order chi connectivity index (χ0) is 38.9. The van der Waals surface area contributed by atoms with E-state index in [4.69, 9.17) is 26.1 Å². The summed E-state index contributed by atoms with van der Waals surface area (Å²) in [6.45, 7) is 1.73. The molecule has 0 bridgehead atoms. The topological polar surface area (TPSA) is 151 Å². The highest BCUT2D eigenvalue weighted by atomic mass is 35.5. The molecule has 1 aliphatic carbocycles. The second kappa shape index (κ2) is 16.0. The highest BCUT2D eigenvalue weighted by molar-refractivity contribution is 6.36. The van der Waals surface area contributed by atoms with Crippen molar-refractivity contribution in [1.82, 2.24) is 30.5 Å². The minimum absolute atomic E-state index is 0.0101. The monoisotopic (exact) mass is 779 g/mol. The number of nitrogens with one attached hydrogen (secondary N) is 3. The van der Waals surface area contributed by atoms with Gasteiger partial charge in [0.2, 0.25) is 17.7 Å². The largest absolute Gasteiger partial charge is 0.481 e. The van der Waals surface area contributed by atoms with Gasteiger partial charge < -0.3 is 30.5 Å². The van der Waals surface area contributed by atoms with Crippen LogP contribution in [0.5, 0.6) is 11.8 Å². The van der Waals surface area contributed by atoms with Gasteiger partial charge in [-0.15, -0.1) is 0 Å². The van der Waals surface area contributed by atoms with Crippen molar-refractivity contribution < 1.29 is 37.3 Å². The molecule has 4 N–H and O–H groups in total. The van der Waals surface area contributed by atoms with Crippen LogP contribution in [0, 0.1) is 5.92 Å². The van der Waals surface area contributed by atoms with Crippen molar-refractivity contribution in [3.05, 3.63) is 81.6 Å². The maximum absolute atomic E-state index is 14.5. The Balaban J connectivity index is 1.12. The number of carboxylic acids is 1. The van der Waals surface area contributed by atoms with Gasteiger partial charge in [-0.3, -0.25) is 14.5 Å². The number of ether oxygens (including phenoxy) is 2. The molecule has 2 fully saturated rings. The molecule has 4 aromatic rings. The van der Waals surface area contributed by atoms with Crippen molar-refractivity contribution in [3.8, 4) is 34.1 Å². The molecule has 3 aliphatic rings. The number of amides is 1. The van der Waals surface area contributed by atoms with Gasteiger partial charge in [-0.05, 0) is 55.0 Å². The van der Waals surface area contributed by atoms with Crippen LogP contribution in [0.4, 0.5) is 19.0 Å². The first kappa shape index (κ1) is 38.3. The summed E-state index contributed by atoms with van der Waals surface area (Å²) in [4.78, 5) is 37.8. The van der Waals surface area contributed by atoms with E-state index in [2.05, 4.69) is 25.9 Å². The second-order valence-corrected chi connectivity index (χ2v) is 14.4. The number of carbonyl (C=O) groups is 2. The Morgan fingerprint density at radius 3 is 2.45 bits per heavy atom. The average molecular weight is 780 g/mol. The molecular weight excluding hydrogens is 739 g/mol. The molecule has 1 amide bonds. The van der Waals surface area contributed by atoms with E-state index >= 15 is 0 Å². The molecule has 16 heteroatoms. The highest BCUT2D eigenvalue weighted by Gasteiger charge is 2.40. The van der Waals surface area contributed by atoms with Gasteiger partial charge in [0.05, 0.1) is 36.9 Å². The molecule has 2 aliphatic heterocycles. The van der Waals surface area contributed by atoms with Gasteiger partial charge in [0, 0.05) is 55.3 Å². The minimum Gasteiger partial charge on any atom is -0.481 e. The van der Waals surface area contributed by atoms with Crippen molar-refractivity contribution >= 4 is 29.3 Å². The normalized spacial score (nSPS) is 19.7. The molecule has 55 heavy (non-hydrogen) atoms. The lowest BCUT2D eigenvalue weighted by molar-refractivity contribution is -0.141. The lowest BCUT2D eigenvalue weighted by Crippen LogP contribution is -2.35. The van der Waals surface area contributed by atoms with Gasteiger partial charge in [-0.2, -0.15) is 18.2 Å². The molecular formula is C39H41ClF3N7O5. The van der Waals surface area contributed by atoms with Crippen molar-refractivity contribution in [1.29, 1.82) is 0 Å². The van der Waals surface area contributed by atoms with E-state index in [0.29, 0.717) is 67.5 Å². The lowest BCUT2D eigenvalue weighted by Gasteiger charge is -2.22. The predicted octanol–water partition coefficient (Wildman–Crippen LogP) is 6.27. The van der Waals surface area contributed by atoms with Crippen LogP contribution >= 0.6 is 11.6 Å². The summed E-state index contributed by atoms with van der Waals surface area (Å²) >= 11 is 7.12. The van der Waals surface area contributed by atoms with E-state index in [-0.39, 0.29) is 36.6 Å². The molecule has 290 valence electrons. The Labute approximate surface area is 320 Å². The summed E-state index contributed by atoms with van der Waals surface area (Å²) in [5, 5.41) is 19.2. The molecule has 0 saturated carbocycles. The number of methoxy groups -OCH3 is 2. The number of aliphatic carboxylic acids is 1. The third kappa shape index (κ3) is 8.19. The molecule has 3 atom stereocenters. The van der Waals surface area contributed by atoms with Crippen LogP contribution in [-0.4, -0.2) is 76.7 Å². The summed E-state index contributed by atoms with van der Waals surface area (Å²) in [6.07, 6.45) is -2.01. The smallest absolute Gasteiger partial charge is 0.437 e. The molecule has 0 spiro atoms. The Kier molecular flexibility index (Phi) is 11.1. The molecule has 0 radical (unpaired) electrons. The van der Waals surface area contributed by atoms with Crippen molar-refractivity contribution in [2.24, 2.45) is 5.92 Å². The number of halogens is 4. The molecule has 4 heterocycles. The summed E-state index contributed by atoms with van der Waals surface area (Å²) in [6, 6.07) is 14.8. The lowest BCUT2D eigenvalue weighted by atomic mass is 9.94. The minimum atomic E-state index is -4.82. The molecule has 12 nitrogen and oxygen atoms in total. The Bertz CT molecular complexity index is 2100. The van der Waals surface area contributed by atoms with Crippen molar-refractivity contribution in [3.63, 3.8) is 0 Å². The molecule has 2 aromatic heterocycles. The van der Waals surface area contributed by atoms with Gasteiger partial charge in [0.1, 0.15) is 5.69 Å². The fourth-order valence-electron chi connectivity index (χ4n) is 7.71. The van der Waals surface area contributed by atoms with E-state index in [0.717, 1.165) is 34.2 Å². The number of anilines is 1. The van der Waals surface area contributed by atoms with Gasteiger partial charge in [-0.25, -0.2) is 9.97 Å². The SMILES string of the molecule is COc1nc(-c2cccc(-c3cccc4c3CC[C@@H]4Nc3nc(OC)c(CN4CC[C@@H](C(=O)O)C4)nc3C(F)(F)F)c2Cl)ccc1CNC[C@@H]1CCC(=O)N1. The van der Waals surface area contributed by atoms with Crippen molar-refractivity contribution in [2.75, 3.05) is 39.2 Å². The number of carboxylic acid groups (broad SMARTS) is 1. The summed E-state index contributed by atoms with van der Waals surface area (Å²) in [5.74, 6) is -1.51. The van der Waals surface area contributed by atoms with Crippen LogP contribution in [0.3, 0.4) is 0 Å². The van der Waals surface area contributed by atoms with E-state index in [9.17, 15) is 27.9 Å². The third-order valence-corrected chi connectivity index (χ3v) is 10.9. The van der Waals surface area contributed by atoms with Crippen LogP contribution in [0.1, 0.15) is 59.8 Å². The van der Waals surface area contributed by atoms with E-state index in [1.807, 2.05) is 48.5 Å². The summed E-state index contributed by atoms with van der Waals surface area (Å²) in [7, 11) is 2.88. The zero-order valence-corrected chi connectivity index (χ0v) is 31.1. The number of nitrogens with zero attached hydrogens (tertiary/aromatic N) is 4. The van der Waals surface area contributed by atoms with E-state index in [1.165, 1.54) is 7.11 Å². The fraction of sp³-hybridized carbons (Fsp3) is 0.410. The highest BCUT2D eigenvalue weighted by Crippen LogP contribution is 2.45. The number of alkyl halides is 3. The van der Waals surface area contributed by atoms with Gasteiger partial charge in [0.15, 0.2) is 11.5 Å². The van der Waals surface area contributed by atoms with Crippen molar-refractivity contribution in [2.45, 2.75) is 63.5 Å². The standard InChI is InChI=1S/C39H41ClF3N7O5/c1-54-36-21(17-44-18-23-10-14-32(51)45-23)9-12-30(48-36)28-8-4-7-27(33(28)40)24-5-3-6-26-25(24)11-13-29(26)47-35-34(39(41,42)43)46-31(37(49-35)55-2)20-50-16-15-22(19-50)38(52)53/h3-9,12,22-23,29,44H,10-11,13-20H2,1-2H3,(H,45,51)(H,47,49)(H,52,53)/t22-,23+,29+/m1/s1. The number of likely N-dealkylation sites (tertiary alicyclic amines) is 1. The third-order valence-electron chi connectivity index (χ3n) is 10.5. The van der Waals surface area contributed by atoms with Crippen LogP contribution < -0.4 is 25.4 Å². The number of hydrogen-bond acceptors (Lipinski definition) is 10. The zero-order valence-electron chi connectivity index (χ0n) is 30.3. The van der Waals surface area contributed by atoms with Gasteiger partial charge >= 0.3 is 12.1 Å². The average Bonchev–Trinajstić information content (AvgIpc) is 3.92. The number of benzene rings is 2. The maximum Gasteiger partial charge on any atom is 0.437 e. The quantitative estimate of drug-likeness (QED) is 0.122. The number of carbonyl (C=O) groups excluding carboxylic acids is 1. The fourth-order valence-corrected chi connectivity index (χ4v) is 8.04. The van der Waals surface area contributed by atoms with Crippen LogP contribution in [-0.2, 0) is 35.3 Å². The number of aromatic nitrogens is 3. The first-order valence-electron chi connectivity index (χ1n) is 18.1. The number of hydrogen-bond donors (Lipinski definition) is 4. The molecule has 0 unspecified atom stereocenters. The summed E-state index contributed by atoms with van der Waals surface area (Å²) < 4.78 is 54.5. The van der Waals surface area contributed by atoms with E-state index in [1.54, 1.807) is 12.0 Å². The summed E-state index contributed by atoms with van der Waals surface area (Å²) in [5.41, 5.74) is 4.39. The van der Waals surface area contributed by atoms with Crippen LogP contribution in [0.15, 0.2) is 48.5 Å². The number of pyridine rings is 1. The molecule has 2 saturated heterocycles. The Hall–Kier alpha value is -4.99. The molecule has 2 aromatic carbocycles. The first-order chi connectivity index (χ1) is 26.4. The number of rotatable bonds is 13. The van der Waals surface area contributed by atoms with Crippen LogP contribution in [0.2, 0.25) is 5.02 Å². The molecule has 7 rings (SSSR count). The Morgan fingerprint density at radius 2 is 1.75 bits per heavy atom. The maximum atomic E-state index is 14.5. The first-order valence-corrected chi connectivity index (χ1v) is 18.5. The van der Waals surface area contributed by atoms with Crippen LogP contribution in [0.25, 0.3) is 22.4 Å². The van der Waals surface area contributed by atoms with E-state index < -0.39 is 35.6 Å². The van der Waals surface area contributed by atoms with Gasteiger partial charge in [0.25, 0.3) is 0 Å². The Morgan fingerprint density at radius 1 is 0.982 bits per heavy atom. The predicted molar refractivity (Wildman–Crippen MR) is 199 cm³/mol. The second-order valence-electron chi connectivity index (χ2n) is 14.0.